The number of nitro groups is 1. The van der Waals surface area contributed by atoms with Gasteiger partial charge in [0.1, 0.15) is 4.90 Å². The number of nitro benzene ring substituents is 1. The molecule has 1 N–H and O–H groups in total. The van der Waals surface area contributed by atoms with Gasteiger partial charge in [-0.15, -0.1) is 0 Å². The van der Waals surface area contributed by atoms with E-state index in [1.807, 2.05) is 42.5 Å². The van der Waals surface area contributed by atoms with Crippen molar-refractivity contribution < 1.29 is 13.3 Å². The number of fused-ring (bicyclic) bond motifs is 1. The lowest BCUT2D eigenvalue weighted by atomic mass is 10.1. The maximum atomic E-state index is 13.0. The van der Waals surface area contributed by atoms with Crippen LogP contribution in [0.1, 0.15) is 19.4 Å². The molecule has 0 spiro atoms. The van der Waals surface area contributed by atoms with Crippen LogP contribution in [0.3, 0.4) is 0 Å². The van der Waals surface area contributed by atoms with Gasteiger partial charge in [0, 0.05) is 25.2 Å². The highest BCUT2D eigenvalue weighted by molar-refractivity contribution is 7.89. The number of non-ortho nitro benzene ring substituents is 1. The van der Waals surface area contributed by atoms with Crippen LogP contribution in [0.4, 0.5) is 11.4 Å². The zero-order chi connectivity index (χ0) is 21.7. The largest absolute Gasteiger partial charge is 0.277 e. The summed E-state index contributed by atoms with van der Waals surface area (Å²) >= 11 is 0. The van der Waals surface area contributed by atoms with Crippen LogP contribution in [0.2, 0.25) is 0 Å². The number of benzene rings is 3. The number of nitrogens with zero attached hydrogens (tertiary/aromatic N) is 3. The molecular weight excluding hydrogens is 404 g/mol. The first-order valence-electron chi connectivity index (χ1n) is 9.43. The number of anilines is 1. The molecule has 3 aromatic carbocycles. The van der Waals surface area contributed by atoms with Crippen LogP contribution in [0.15, 0.2) is 70.7 Å². The second-order valence-corrected chi connectivity index (χ2v) is 8.41. The highest BCUT2D eigenvalue weighted by Crippen LogP contribution is 2.29. The molecule has 0 aliphatic heterocycles. The van der Waals surface area contributed by atoms with Crippen molar-refractivity contribution in [3.05, 3.63) is 76.3 Å². The Morgan fingerprint density at radius 1 is 1.03 bits per heavy atom. The van der Waals surface area contributed by atoms with E-state index in [0.29, 0.717) is 0 Å². The van der Waals surface area contributed by atoms with E-state index in [4.69, 9.17) is 0 Å². The standard InChI is InChI=1S/C21H22N4O4S/c1-3-24(4-2)30(28,29)21-14-19(25(26)27)11-12-20(21)23-22-15-16-9-10-17-7-5-6-8-18(17)13-16/h5-15,23H,3-4H2,1-2H3/b22-15+. The number of nitrogens with one attached hydrogen (secondary N) is 1. The summed E-state index contributed by atoms with van der Waals surface area (Å²) in [6.07, 6.45) is 1.57. The van der Waals surface area contributed by atoms with Gasteiger partial charge in [0.05, 0.1) is 16.8 Å². The van der Waals surface area contributed by atoms with E-state index in [9.17, 15) is 18.5 Å². The lowest BCUT2D eigenvalue weighted by Gasteiger charge is -2.20. The fraction of sp³-hybridized carbons (Fsp3) is 0.190. The van der Waals surface area contributed by atoms with Crippen LogP contribution >= 0.6 is 0 Å². The van der Waals surface area contributed by atoms with Gasteiger partial charge in [-0.05, 0) is 28.5 Å². The average Bonchev–Trinajstić information content (AvgIpc) is 2.74. The molecule has 3 rings (SSSR count). The Bertz CT molecular complexity index is 1200. The Labute approximate surface area is 175 Å². The molecule has 0 aliphatic carbocycles. The maximum absolute atomic E-state index is 13.0. The fourth-order valence-electron chi connectivity index (χ4n) is 3.10. The SMILES string of the molecule is CCN(CC)S(=O)(=O)c1cc([N+](=O)[O-])ccc1N/N=C/c1ccc2ccccc2c1. The molecule has 0 heterocycles. The molecule has 3 aromatic rings. The van der Waals surface area contributed by atoms with Crippen molar-refractivity contribution in [1.82, 2.24) is 4.31 Å². The lowest BCUT2D eigenvalue weighted by Crippen LogP contribution is -2.31. The summed E-state index contributed by atoms with van der Waals surface area (Å²) in [5.41, 5.74) is 3.43. The lowest BCUT2D eigenvalue weighted by molar-refractivity contribution is -0.385. The van der Waals surface area contributed by atoms with Crippen LogP contribution in [0.5, 0.6) is 0 Å². The average molecular weight is 426 g/mol. The second-order valence-electron chi connectivity index (χ2n) is 6.50. The molecule has 0 saturated heterocycles. The molecular formula is C21H22N4O4S. The minimum absolute atomic E-state index is 0.171. The third-order valence-corrected chi connectivity index (χ3v) is 6.76. The fourth-order valence-corrected chi connectivity index (χ4v) is 4.72. The predicted molar refractivity (Wildman–Crippen MR) is 118 cm³/mol. The minimum Gasteiger partial charge on any atom is -0.277 e. The monoisotopic (exact) mass is 426 g/mol. The first-order valence-corrected chi connectivity index (χ1v) is 10.9. The quantitative estimate of drug-likeness (QED) is 0.330. The van der Waals surface area contributed by atoms with Crippen molar-refractivity contribution in [2.75, 3.05) is 18.5 Å². The molecule has 9 heteroatoms. The van der Waals surface area contributed by atoms with Crippen LogP contribution in [0, 0.1) is 10.1 Å². The van der Waals surface area contributed by atoms with Crippen LogP contribution in [-0.4, -0.2) is 37.0 Å². The summed E-state index contributed by atoms with van der Waals surface area (Å²) in [6, 6.07) is 17.4. The first-order chi connectivity index (χ1) is 14.4. The Balaban J connectivity index is 1.94. The minimum atomic E-state index is -3.92. The molecule has 0 atom stereocenters. The van der Waals surface area contributed by atoms with E-state index in [0.717, 1.165) is 22.4 Å². The van der Waals surface area contributed by atoms with Crippen molar-refractivity contribution in [3.8, 4) is 0 Å². The molecule has 0 amide bonds. The molecule has 0 aliphatic rings. The zero-order valence-corrected chi connectivity index (χ0v) is 17.5. The van der Waals surface area contributed by atoms with Gasteiger partial charge in [0.25, 0.3) is 5.69 Å². The molecule has 156 valence electrons. The molecule has 0 radical (unpaired) electrons. The smallest absolute Gasteiger partial charge is 0.270 e. The molecule has 0 saturated carbocycles. The molecule has 0 bridgehead atoms. The van der Waals surface area contributed by atoms with Gasteiger partial charge in [-0.2, -0.15) is 9.41 Å². The number of hydrogen-bond acceptors (Lipinski definition) is 6. The number of rotatable bonds is 8. The van der Waals surface area contributed by atoms with Crippen molar-refractivity contribution in [1.29, 1.82) is 0 Å². The maximum Gasteiger partial charge on any atom is 0.270 e. The molecule has 0 fully saturated rings. The van der Waals surface area contributed by atoms with Crippen molar-refractivity contribution in [2.24, 2.45) is 5.10 Å². The number of sulfonamides is 1. The van der Waals surface area contributed by atoms with Crippen molar-refractivity contribution in [3.63, 3.8) is 0 Å². The normalized spacial score (nSPS) is 12.0. The topological polar surface area (TPSA) is 105 Å². The van der Waals surface area contributed by atoms with Crippen molar-refractivity contribution >= 4 is 38.4 Å². The zero-order valence-electron chi connectivity index (χ0n) is 16.6. The van der Waals surface area contributed by atoms with Gasteiger partial charge >= 0.3 is 0 Å². The van der Waals surface area contributed by atoms with Crippen LogP contribution < -0.4 is 5.43 Å². The molecule has 0 aromatic heterocycles. The van der Waals surface area contributed by atoms with Crippen molar-refractivity contribution in [2.45, 2.75) is 18.7 Å². The summed E-state index contributed by atoms with van der Waals surface area (Å²) in [5.74, 6) is 0. The molecule has 8 nitrogen and oxygen atoms in total. The summed E-state index contributed by atoms with van der Waals surface area (Å²) in [6.45, 7) is 3.93. The third-order valence-electron chi connectivity index (χ3n) is 4.67. The summed E-state index contributed by atoms with van der Waals surface area (Å²) in [7, 11) is -3.92. The third kappa shape index (κ3) is 4.47. The molecule has 30 heavy (non-hydrogen) atoms. The highest BCUT2D eigenvalue weighted by Gasteiger charge is 2.27. The summed E-state index contributed by atoms with van der Waals surface area (Å²) in [5, 5.41) is 17.5. The Hall–Kier alpha value is -3.30. The summed E-state index contributed by atoms with van der Waals surface area (Å²) < 4.78 is 27.2. The predicted octanol–water partition coefficient (Wildman–Crippen LogP) is 4.22. The van der Waals surface area contributed by atoms with E-state index >= 15 is 0 Å². The van der Waals surface area contributed by atoms with Gasteiger partial charge in [-0.1, -0.05) is 50.2 Å². The van der Waals surface area contributed by atoms with Gasteiger partial charge in [-0.25, -0.2) is 8.42 Å². The van der Waals surface area contributed by atoms with E-state index in [-0.39, 0.29) is 29.4 Å². The Kier molecular flexibility index (Phi) is 6.43. The Morgan fingerprint density at radius 2 is 1.73 bits per heavy atom. The first kappa shape index (κ1) is 21.4. The van der Waals surface area contributed by atoms with Gasteiger partial charge < -0.3 is 0 Å². The van der Waals surface area contributed by atoms with E-state index < -0.39 is 14.9 Å². The van der Waals surface area contributed by atoms with Crippen LogP contribution in [-0.2, 0) is 10.0 Å². The van der Waals surface area contributed by atoms with Gasteiger partial charge in [0.2, 0.25) is 10.0 Å². The van der Waals surface area contributed by atoms with E-state index in [2.05, 4.69) is 10.5 Å². The second kappa shape index (κ2) is 9.02. The summed E-state index contributed by atoms with van der Waals surface area (Å²) in [4.78, 5) is 10.3. The van der Waals surface area contributed by atoms with E-state index in [1.165, 1.54) is 16.4 Å². The Morgan fingerprint density at radius 3 is 2.40 bits per heavy atom. The van der Waals surface area contributed by atoms with E-state index in [1.54, 1.807) is 20.1 Å². The number of hydrogen-bond donors (Lipinski definition) is 1. The molecule has 0 unspecified atom stereocenters. The highest BCUT2D eigenvalue weighted by atomic mass is 32.2. The van der Waals surface area contributed by atoms with Crippen LogP contribution in [0.25, 0.3) is 10.8 Å². The number of hydrazone groups is 1. The van der Waals surface area contributed by atoms with Gasteiger partial charge in [0.15, 0.2) is 0 Å². The van der Waals surface area contributed by atoms with Gasteiger partial charge in [-0.3, -0.25) is 15.5 Å².